The largest absolute Gasteiger partial charge is 0.479 e. The van der Waals surface area contributed by atoms with Crippen LogP contribution in [-0.4, -0.2) is 30.9 Å². The highest BCUT2D eigenvalue weighted by molar-refractivity contribution is 5.84. The fourth-order valence-electron chi connectivity index (χ4n) is 2.65. The lowest BCUT2D eigenvalue weighted by atomic mass is 10.2. The van der Waals surface area contributed by atoms with Crippen LogP contribution in [0.4, 0.5) is 0 Å². The normalized spacial score (nSPS) is 14.1. The first-order valence-corrected chi connectivity index (χ1v) is 9.02. The summed E-state index contributed by atoms with van der Waals surface area (Å²) in [5.41, 5.74) is 1.88. The monoisotopic (exact) mass is 385 g/mol. The summed E-state index contributed by atoms with van der Waals surface area (Å²) in [6, 6.07) is 12.8. The van der Waals surface area contributed by atoms with Gasteiger partial charge in [0.1, 0.15) is 5.75 Å². The summed E-state index contributed by atoms with van der Waals surface area (Å²) in [6.07, 6.45) is -1.77. The number of esters is 1. The molecule has 28 heavy (non-hydrogen) atoms. The summed E-state index contributed by atoms with van der Waals surface area (Å²) in [6.45, 7) is 5.52. The molecule has 0 spiro atoms. The van der Waals surface area contributed by atoms with E-state index in [1.165, 1.54) is 6.92 Å². The van der Waals surface area contributed by atoms with Gasteiger partial charge in [-0.25, -0.2) is 4.79 Å². The number of aryl methyl sites for hydroxylation is 1. The highest BCUT2D eigenvalue weighted by atomic mass is 16.7. The summed E-state index contributed by atoms with van der Waals surface area (Å²) >= 11 is 0. The first-order valence-electron chi connectivity index (χ1n) is 9.02. The minimum absolute atomic E-state index is 0.195. The van der Waals surface area contributed by atoms with Gasteiger partial charge in [-0.15, -0.1) is 0 Å². The van der Waals surface area contributed by atoms with E-state index < -0.39 is 24.1 Å². The number of hydrogen-bond donors (Lipinski definition) is 1. The average Bonchev–Trinajstić information content (AvgIpc) is 3.13. The third-order valence-electron chi connectivity index (χ3n) is 4.20. The molecule has 2 aromatic carbocycles. The molecular weight excluding hydrogens is 362 g/mol. The Balaban J connectivity index is 1.47. The van der Waals surface area contributed by atoms with Crippen LogP contribution >= 0.6 is 0 Å². The van der Waals surface area contributed by atoms with Gasteiger partial charge in [-0.3, -0.25) is 4.79 Å². The minimum Gasteiger partial charge on any atom is -0.479 e. The molecule has 2 aromatic rings. The van der Waals surface area contributed by atoms with Crippen molar-refractivity contribution in [3.8, 4) is 17.2 Å². The number of amides is 1. The summed E-state index contributed by atoms with van der Waals surface area (Å²) in [4.78, 5) is 24.4. The topological polar surface area (TPSA) is 83.1 Å². The molecule has 0 aliphatic carbocycles. The first-order chi connectivity index (χ1) is 13.4. The van der Waals surface area contributed by atoms with E-state index in [0.717, 1.165) is 11.1 Å². The molecule has 1 amide bonds. The Morgan fingerprint density at radius 1 is 1.07 bits per heavy atom. The van der Waals surface area contributed by atoms with E-state index in [9.17, 15) is 9.59 Å². The Bertz CT molecular complexity index is 866. The number of fused-ring (bicyclic) bond motifs is 1. The first kappa shape index (κ1) is 19.5. The lowest BCUT2D eigenvalue weighted by molar-refractivity contribution is -0.160. The second-order valence-corrected chi connectivity index (χ2v) is 6.56. The molecule has 0 saturated carbocycles. The van der Waals surface area contributed by atoms with Crippen molar-refractivity contribution in [3.05, 3.63) is 53.6 Å². The maximum absolute atomic E-state index is 12.2. The van der Waals surface area contributed by atoms with Crippen LogP contribution in [0.15, 0.2) is 42.5 Å². The van der Waals surface area contributed by atoms with Crippen molar-refractivity contribution >= 4 is 11.9 Å². The summed E-state index contributed by atoms with van der Waals surface area (Å²) in [7, 11) is 0. The van der Waals surface area contributed by atoms with Crippen LogP contribution in [-0.2, 0) is 20.9 Å². The second-order valence-electron chi connectivity index (χ2n) is 6.56. The molecule has 1 aliphatic rings. The van der Waals surface area contributed by atoms with E-state index in [1.807, 2.05) is 31.2 Å². The molecule has 0 bridgehead atoms. The maximum Gasteiger partial charge on any atom is 0.347 e. The molecule has 1 N–H and O–H groups in total. The van der Waals surface area contributed by atoms with Crippen LogP contribution in [0, 0.1) is 6.92 Å². The van der Waals surface area contributed by atoms with Gasteiger partial charge in [0.05, 0.1) is 0 Å². The Labute approximate surface area is 163 Å². The van der Waals surface area contributed by atoms with Crippen LogP contribution in [0.1, 0.15) is 25.0 Å². The fraction of sp³-hybridized carbons (Fsp3) is 0.333. The van der Waals surface area contributed by atoms with Gasteiger partial charge < -0.3 is 24.3 Å². The molecule has 0 unspecified atom stereocenters. The van der Waals surface area contributed by atoms with E-state index >= 15 is 0 Å². The van der Waals surface area contributed by atoms with Crippen LogP contribution < -0.4 is 19.5 Å². The molecule has 3 rings (SSSR count). The van der Waals surface area contributed by atoms with Gasteiger partial charge in [0.15, 0.2) is 23.7 Å². The van der Waals surface area contributed by atoms with Gasteiger partial charge in [-0.2, -0.15) is 0 Å². The van der Waals surface area contributed by atoms with E-state index in [-0.39, 0.29) is 13.3 Å². The van der Waals surface area contributed by atoms with Crippen molar-refractivity contribution < 1.29 is 28.5 Å². The quantitative estimate of drug-likeness (QED) is 0.738. The molecule has 1 aliphatic heterocycles. The van der Waals surface area contributed by atoms with Gasteiger partial charge in [0.25, 0.3) is 5.91 Å². The minimum atomic E-state index is -0.940. The Kier molecular flexibility index (Phi) is 6.03. The summed E-state index contributed by atoms with van der Waals surface area (Å²) in [5, 5.41) is 2.74. The standard InChI is InChI=1S/C21H23NO6/c1-13-5-4-6-17(9-13)27-15(3)21(24)28-14(2)20(23)22-11-16-7-8-18-19(10-16)26-12-25-18/h4-10,14-15H,11-12H2,1-3H3,(H,22,23)/t14-,15-/m0/s1. The van der Waals surface area contributed by atoms with E-state index in [2.05, 4.69) is 5.32 Å². The smallest absolute Gasteiger partial charge is 0.347 e. The molecule has 0 saturated heterocycles. The van der Waals surface area contributed by atoms with Gasteiger partial charge in [0.2, 0.25) is 6.79 Å². The Morgan fingerprint density at radius 2 is 1.86 bits per heavy atom. The van der Waals surface area contributed by atoms with Crippen molar-refractivity contribution in [2.75, 3.05) is 6.79 Å². The molecule has 7 nitrogen and oxygen atoms in total. The molecule has 0 radical (unpaired) electrons. The lowest BCUT2D eigenvalue weighted by Crippen LogP contribution is -2.38. The van der Waals surface area contributed by atoms with E-state index in [4.69, 9.17) is 18.9 Å². The fourth-order valence-corrected chi connectivity index (χ4v) is 2.65. The molecule has 2 atom stereocenters. The predicted octanol–water partition coefficient (Wildman–Crippen LogP) is 2.74. The van der Waals surface area contributed by atoms with Crippen molar-refractivity contribution in [2.45, 2.75) is 39.5 Å². The van der Waals surface area contributed by atoms with Gasteiger partial charge >= 0.3 is 5.97 Å². The van der Waals surface area contributed by atoms with Crippen molar-refractivity contribution in [3.63, 3.8) is 0 Å². The van der Waals surface area contributed by atoms with Crippen molar-refractivity contribution in [2.24, 2.45) is 0 Å². The highest BCUT2D eigenvalue weighted by Crippen LogP contribution is 2.32. The lowest BCUT2D eigenvalue weighted by Gasteiger charge is -2.18. The van der Waals surface area contributed by atoms with Gasteiger partial charge in [-0.05, 0) is 56.2 Å². The molecule has 0 aromatic heterocycles. The summed E-state index contributed by atoms with van der Waals surface area (Å²) < 4.78 is 21.4. The van der Waals surface area contributed by atoms with E-state index in [1.54, 1.807) is 25.1 Å². The second kappa shape index (κ2) is 8.65. The van der Waals surface area contributed by atoms with Crippen molar-refractivity contribution in [1.29, 1.82) is 0 Å². The summed E-state index contributed by atoms with van der Waals surface area (Å²) in [5.74, 6) is 0.902. The zero-order chi connectivity index (χ0) is 20.1. The third kappa shape index (κ3) is 4.94. The van der Waals surface area contributed by atoms with Crippen LogP contribution in [0.2, 0.25) is 0 Å². The zero-order valence-electron chi connectivity index (χ0n) is 16.1. The maximum atomic E-state index is 12.2. The highest BCUT2D eigenvalue weighted by Gasteiger charge is 2.23. The zero-order valence-corrected chi connectivity index (χ0v) is 16.1. The molecule has 1 heterocycles. The number of carbonyl (C=O) groups is 2. The van der Waals surface area contributed by atoms with Gasteiger partial charge in [0, 0.05) is 6.54 Å². The van der Waals surface area contributed by atoms with Crippen molar-refractivity contribution in [1.82, 2.24) is 5.32 Å². The number of rotatable bonds is 7. The predicted molar refractivity (Wildman–Crippen MR) is 101 cm³/mol. The van der Waals surface area contributed by atoms with Crippen LogP contribution in [0.25, 0.3) is 0 Å². The average molecular weight is 385 g/mol. The number of nitrogens with one attached hydrogen (secondary N) is 1. The molecular formula is C21H23NO6. The van der Waals surface area contributed by atoms with E-state index in [0.29, 0.717) is 17.2 Å². The Morgan fingerprint density at radius 3 is 2.64 bits per heavy atom. The van der Waals surface area contributed by atoms with Gasteiger partial charge in [-0.1, -0.05) is 18.2 Å². The number of ether oxygens (including phenoxy) is 4. The SMILES string of the molecule is Cc1cccc(O[C@@H](C)C(=O)O[C@@H](C)C(=O)NCc2ccc3c(c2)OCO3)c1. The molecule has 7 heteroatoms. The van der Waals surface area contributed by atoms with Crippen LogP contribution in [0.3, 0.4) is 0 Å². The molecule has 148 valence electrons. The number of benzene rings is 2. The number of hydrogen-bond acceptors (Lipinski definition) is 6. The Hall–Kier alpha value is -3.22. The van der Waals surface area contributed by atoms with Crippen LogP contribution in [0.5, 0.6) is 17.2 Å². The number of carbonyl (C=O) groups excluding carboxylic acids is 2. The molecule has 0 fully saturated rings. The third-order valence-corrected chi connectivity index (χ3v) is 4.20.